The van der Waals surface area contributed by atoms with E-state index in [2.05, 4.69) is 0 Å². The summed E-state index contributed by atoms with van der Waals surface area (Å²) in [5.41, 5.74) is 0. The summed E-state index contributed by atoms with van der Waals surface area (Å²) in [6, 6.07) is 0. The molecule has 0 saturated heterocycles. The fourth-order valence-electron chi connectivity index (χ4n) is 1.42. The van der Waals surface area contributed by atoms with Crippen molar-refractivity contribution in [3.05, 3.63) is 0 Å². The van der Waals surface area contributed by atoms with Gasteiger partial charge in [-0.25, -0.2) is 0 Å². The molecule has 3 heteroatoms. The van der Waals surface area contributed by atoms with E-state index in [4.69, 9.17) is 4.74 Å². The standard InChI is InChI=1S/C8H14O2.Hg/c1-7(9)10-8-5-3-2-4-6-8;/h8H,2-6H2,1H3;. The van der Waals surface area contributed by atoms with Crippen molar-refractivity contribution < 1.29 is 37.2 Å². The molecule has 0 atom stereocenters. The zero-order valence-corrected chi connectivity index (χ0v) is 12.6. The molecule has 0 bridgehead atoms. The van der Waals surface area contributed by atoms with Crippen molar-refractivity contribution in [3.63, 3.8) is 0 Å². The molecule has 60 valence electrons. The van der Waals surface area contributed by atoms with Crippen LogP contribution in [-0.4, -0.2) is 12.1 Å². The third-order valence-electron chi connectivity index (χ3n) is 1.88. The van der Waals surface area contributed by atoms with Gasteiger partial charge in [0.05, 0.1) is 0 Å². The van der Waals surface area contributed by atoms with Crippen LogP contribution in [0.4, 0.5) is 0 Å². The Kier molecular flexibility index (Phi) is 6.20. The molecule has 0 spiro atoms. The molecule has 1 saturated carbocycles. The summed E-state index contributed by atoms with van der Waals surface area (Å²) in [7, 11) is 0. The molecule has 1 fully saturated rings. The third-order valence-corrected chi connectivity index (χ3v) is 1.88. The van der Waals surface area contributed by atoms with Gasteiger partial charge in [-0.15, -0.1) is 0 Å². The number of rotatable bonds is 1. The Labute approximate surface area is 88.2 Å². The van der Waals surface area contributed by atoms with Gasteiger partial charge in [0.1, 0.15) is 6.10 Å². The van der Waals surface area contributed by atoms with Crippen molar-refractivity contribution in [1.82, 2.24) is 0 Å². The van der Waals surface area contributed by atoms with Crippen molar-refractivity contribution >= 4 is 5.97 Å². The van der Waals surface area contributed by atoms with E-state index in [-0.39, 0.29) is 39.7 Å². The van der Waals surface area contributed by atoms with Gasteiger partial charge < -0.3 is 4.74 Å². The Hall–Kier alpha value is 0.405. The number of carbonyl (C=O) groups is 1. The molecule has 0 amide bonds. The van der Waals surface area contributed by atoms with Crippen LogP contribution in [-0.2, 0) is 37.2 Å². The first-order chi connectivity index (χ1) is 4.79. The van der Waals surface area contributed by atoms with Gasteiger partial charge in [-0.2, -0.15) is 0 Å². The fourth-order valence-corrected chi connectivity index (χ4v) is 1.42. The van der Waals surface area contributed by atoms with E-state index < -0.39 is 0 Å². The van der Waals surface area contributed by atoms with E-state index in [1.165, 1.54) is 26.2 Å². The summed E-state index contributed by atoms with van der Waals surface area (Å²) >= 11 is 0. The van der Waals surface area contributed by atoms with Gasteiger partial charge in [0.15, 0.2) is 0 Å². The van der Waals surface area contributed by atoms with Crippen LogP contribution in [0.1, 0.15) is 39.0 Å². The molecular weight excluding hydrogens is 329 g/mol. The second-order valence-electron chi connectivity index (χ2n) is 2.87. The van der Waals surface area contributed by atoms with E-state index in [0.717, 1.165) is 12.8 Å². The van der Waals surface area contributed by atoms with E-state index in [1.54, 1.807) is 0 Å². The average Bonchev–Trinajstić information content (AvgIpc) is 1.88. The van der Waals surface area contributed by atoms with Crippen molar-refractivity contribution in [1.29, 1.82) is 0 Å². The van der Waals surface area contributed by atoms with Gasteiger partial charge in [0.2, 0.25) is 0 Å². The zero-order chi connectivity index (χ0) is 7.40. The summed E-state index contributed by atoms with van der Waals surface area (Å²) < 4.78 is 5.05. The molecule has 1 aliphatic rings. The second kappa shape index (κ2) is 5.98. The Balaban J connectivity index is 0.000001000. The number of hydrogen-bond donors (Lipinski definition) is 0. The van der Waals surface area contributed by atoms with Crippen LogP contribution in [0.15, 0.2) is 0 Å². The van der Waals surface area contributed by atoms with Gasteiger partial charge in [0.25, 0.3) is 0 Å². The molecule has 0 unspecified atom stereocenters. The first kappa shape index (κ1) is 11.4. The Morgan fingerprint density at radius 2 is 1.82 bits per heavy atom. The Morgan fingerprint density at radius 3 is 2.27 bits per heavy atom. The predicted molar refractivity (Wildman–Crippen MR) is 38.6 cm³/mol. The smallest absolute Gasteiger partial charge is 0.302 e. The van der Waals surface area contributed by atoms with Crippen LogP contribution in [0.25, 0.3) is 0 Å². The minimum Gasteiger partial charge on any atom is -0.463 e. The molecule has 0 heterocycles. The first-order valence-electron chi connectivity index (χ1n) is 3.96. The molecule has 0 aromatic rings. The SMILES string of the molecule is CC(=O)OC1CCCCC1.[Hg]. The number of ether oxygens (including phenoxy) is 1. The Morgan fingerprint density at radius 1 is 1.27 bits per heavy atom. The van der Waals surface area contributed by atoms with Crippen LogP contribution < -0.4 is 0 Å². The summed E-state index contributed by atoms with van der Waals surface area (Å²) in [5, 5.41) is 0. The molecule has 0 aromatic carbocycles. The van der Waals surface area contributed by atoms with Gasteiger partial charge in [-0.3, -0.25) is 4.79 Å². The largest absolute Gasteiger partial charge is 0.463 e. The van der Waals surface area contributed by atoms with Crippen molar-refractivity contribution in [2.45, 2.75) is 45.1 Å². The monoisotopic (exact) mass is 344 g/mol. The molecule has 11 heavy (non-hydrogen) atoms. The molecule has 0 aromatic heterocycles. The molecule has 0 radical (unpaired) electrons. The summed E-state index contributed by atoms with van der Waals surface area (Å²) in [6.45, 7) is 1.48. The predicted octanol–water partition coefficient (Wildman–Crippen LogP) is 1.88. The van der Waals surface area contributed by atoms with E-state index >= 15 is 0 Å². The van der Waals surface area contributed by atoms with Gasteiger partial charge in [-0.1, -0.05) is 6.42 Å². The van der Waals surface area contributed by atoms with Crippen LogP contribution in [0, 0.1) is 0 Å². The summed E-state index contributed by atoms with van der Waals surface area (Å²) in [6.07, 6.45) is 6.11. The Bertz CT molecular complexity index is 119. The second-order valence-corrected chi connectivity index (χ2v) is 2.87. The minimum absolute atomic E-state index is 0. The van der Waals surface area contributed by atoms with Crippen LogP contribution in [0.3, 0.4) is 0 Å². The maximum Gasteiger partial charge on any atom is 0.302 e. The summed E-state index contributed by atoms with van der Waals surface area (Å²) in [5.74, 6) is -0.132. The van der Waals surface area contributed by atoms with Crippen LogP contribution >= 0.6 is 0 Å². The van der Waals surface area contributed by atoms with Crippen molar-refractivity contribution in [2.24, 2.45) is 0 Å². The third kappa shape index (κ3) is 4.78. The zero-order valence-electron chi connectivity index (χ0n) is 7.14. The maximum absolute atomic E-state index is 10.5. The summed E-state index contributed by atoms with van der Waals surface area (Å²) in [4.78, 5) is 10.5. The van der Waals surface area contributed by atoms with Crippen LogP contribution in [0.5, 0.6) is 0 Å². The van der Waals surface area contributed by atoms with Crippen molar-refractivity contribution in [3.8, 4) is 0 Å². The molecule has 0 aliphatic heterocycles. The number of carbonyl (C=O) groups excluding carboxylic acids is 1. The molecular formula is C8H14HgO2. The van der Waals surface area contributed by atoms with Crippen molar-refractivity contribution in [2.75, 3.05) is 0 Å². The van der Waals surface area contributed by atoms with E-state index in [1.807, 2.05) is 0 Å². The number of hydrogen-bond acceptors (Lipinski definition) is 2. The normalized spacial score (nSPS) is 18.6. The average molecular weight is 343 g/mol. The van der Waals surface area contributed by atoms with E-state index in [0.29, 0.717) is 0 Å². The first-order valence-corrected chi connectivity index (χ1v) is 3.96. The van der Waals surface area contributed by atoms with Gasteiger partial charge in [0, 0.05) is 34.6 Å². The van der Waals surface area contributed by atoms with Crippen LogP contribution in [0.2, 0.25) is 0 Å². The van der Waals surface area contributed by atoms with Gasteiger partial charge >= 0.3 is 5.97 Å². The quantitative estimate of drug-likeness (QED) is 0.537. The molecule has 1 aliphatic carbocycles. The maximum atomic E-state index is 10.5. The molecule has 0 N–H and O–H groups in total. The number of esters is 1. The van der Waals surface area contributed by atoms with Gasteiger partial charge in [-0.05, 0) is 25.7 Å². The molecule has 1 rings (SSSR count). The minimum atomic E-state index is -0.132. The fraction of sp³-hybridized carbons (Fsp3) is 0.875. The van der Waals surface area contributed by atoms with E-state index in [9.17, 15) is 4.79 Å². The molecule has 2 nitrogen and oxygen atoms in total. The topological polar surface area (TPSA) is 26.3 Å².